The van der Waals surface area contributed by atoms with Crippen molar-refractivity contribution < 1.29 is 22.3 Å². The third kappa shape index (κ3) is 3.34. The Morgan fingerprint density at radius 2 is 1.80 bits per heavy atom. The zero-order valence-corrected chi connectivity index (χ0v) is 14.9. The lowest BCUT2D eigenvalue weighted by atomic mass is 10.0. The molecule has 1 atom stereocenters. The molecule has 0 saturated carbocycles. The number of halogens is 1. The second kappa shape index (κ2) is 7.01. The van der Waals surface area contributed by atoms with E-state index in [2.05, 4.69) is 0 Å². The summed E-state index contributed by atoms with van der Waals surface area (Å²) < 4.78 is 51.3. The molecule has 0 aromatic heterocycles. The molecule has 2 aromatic rings. The van der Waals surface area contributed by atoms with Crippen molar-refractivity contribution in [3.8, 4) is 11.5 Å². The van der Waals surface area contributed by atoms with Crippen LogP contribution in [0, 0.1) is 5.82 Å². The Balaban J connectivity index is 2.02. The van der Waals surface area contributed by atoms with Crippen LogP contribution in [0.5, 0.6) is 11.5 Å². The number of benzene rings is 2. The van der Waals surface area contributed by atoms with Gasteiger partial charge in [0.2, 0.25) is 10.0 Å². The maximum absolute atomic E-state index is 13.1. The van der Waals surface area contributed by atoms with Crippen LogP contribution in [0.25, 0.3) is 0 Å². The molecule has 3 rings (SSSR count). The highest BCUT2D eigenvalue weighted by Gasteiger charge is 2.37. The van der Waals surface area contributed by atoms with Gasteiger partial charge in [0, 0.05) is 12.1 Å². The Morgan fingerprint density at radius 1 is 1.08 bits per heavy atom. The van der Waals surface area contributed by atoms with E-state index in [1.54, 1.807) is 26.4 Å². The smallest absolute Gasteiger partial charge is 0.243 e. The fourth-order valence-electron chi connectivity index (χ4n) is 3.18. The minimum atomic E-state index is -3.73. The fourth-order valence-corrected chi connectivity index (χ4v) is 4.85. The largest absolute Gasteiger partial charge is 0.497 e. The molecule has 0 amide bonds. The van der Waals surface area contributed by atoms with Crippen LogP contribution in [0.2, 0.25) is 0 Å². The lowest BCUT2D eigenvalue weighted by Gasteiger charge is -2.26. The van der Waals surface area contributed by atoms with Gasteiger partial charge in [0.05, 0.1) is 25.2 Å². The molecule has 7 heteroatoms. The number of hydrogen-bond donors (Lipinski definition) is 0. The van der Waals surface area contributed by atoms with Crippen molar-refractivity contribution in [2.24, 2.45) is 0 Å². The summed E-state index contributed by atoms with van der Waals surface area (Å²) in [4.78, 5) is 0.0858. The van der Waals surface area contributed by atoms with Crippen molar-refractivity contribution in [1.82, 2.24) is 4.31 Å². The SMILES string of the molecule is COc1ccc(OC)c([C@H]2CCCN2S(=O)(=O)c2ccc(F)cc2)c1. The summed E-state index contributed by atoms with van der Waals surface area (Å²) in [6.07, 6.45) is 1.43. The summed E-state index contributed by atoms with van der Waals surface area (Å²) in [5, 5.41) is 0. The molecule has 1 heterocycles. The number of hydrogen-bond acceptors (Lipinski definition) is 4. The minimum Gasteiger partial charge on any atom is -0.497 e. The molecule has 1 aliphatic heterocycles. The monoisotopic (exact) mass is 365 g/mol. The molecule has 0 bridgehead atoms. The Kier molecular flexibility index (Phi) is 4.96. The van der Waals surface area contributed by atoms with E-state index in [1.165, 1.54) is 16.4 Å². The molecule has 1 aliphatic rings. The Hall–Kier alpha value is -2.12. The van der Waals surface area contributed by atoms with E-state index in [4.69, 9.17) is 9.47 Å². The lowest BCUT2D eigenvalue weighted by molar-refractivity contribution is 0.361. The molecule has 1 fully saturated rings. The number of methoxy groups -OCH3 is 2. The summed E-state index contributed by atoms with van der Waals surface area (Å²) in [5.74, 6) is 0.792. The molecule has 1 saturated heterocycles. The second-order valence-corrected chi connectivity index (χ2v) is 7.73. The van der Waals surface area contributed by atoms with E-state index < -0.39 is 15.8 Å². The predicted octanol–water partition coefficient (Wildman–Crippen LogP) is 3.37. The van der Waals surface area contributed by atoms with Gasteiger partial charge in [-0.25, -0.2) is 12.8 Å². The normalized spacial score (nSPS) is 18.3. The first kappa shape index (κ1) is 17.7. The molecule has 0 radical (unpaired) electrons. The van der Waals surface area contributed by atoms with Crippen molar-refractivity contribution in [2.75, 3.05) is 20.8 Å². The highest BCUT2D eigenvalue weighted by Crippen LogP contribution is 2.41. The Labute approximate surface area is 147 Å². The zero-order valence-electron chi connectivity index (χ0n) is 14.1. The van der Waals surface area contributed by atoms with E-state index in [9.17, 15) is 12.8 Å². The van der Waals surface area contributed by atoms with Crippen LogP contribution in [-0.2, 0) is 10.0 Å². The third-order valence-electron chi connectivity index (χ3n) is 4.42. The average molecular weight is 365 g/mol. The second-order valence-electron chi connectivity index (χ2n) is 5.84. The van der Waals surface area contributed by atoms with Crippen molar-refractivity contribution in [3.05, 3.63) is 53.8 Å². The molecule has 0 unspecified atom stereocenters. The molecule has 2 aromatic carbocycles. The van der Waals surface area contributed by atoms with E-state index >= 15 is 0 Å². The van der Waals surface area contributed by atoms with Gasteiger partial charge in [-0.05, 0) is 55.3 Å². The Bertz CT molecular complexity index is 852. The average Bonchev–Trinajstić information content (AvgIpc) is 3.12. The van der Waals surface area contributed by atoms with E-state index in [0.29, 0.717) is 24.5 Å². The first-order chi connectivity index (χ1) is 12.0. The zero-order chi connectivity index (χ0) is 18.0. The number of rotatable bonds is 5. The predicted molar refractivity (Wildman–Crippen MR) is 91.8 cm³/mol. The van der Waals surface area contributed by atoms with Gasteiger partial charge in [-0.2, -0.15) is 4.31 Å². The maximum Gasteiger partial charge on any atom is 0.243 e. The molecule has 134 valence electrons. The standard InChI is InChI=1S/C18H20FNO4S/c1-23-14-7-10-18(24-2)16(12-14)17-4-3-11-20(17)25(21,22)15-8-5-13(19)6-9-15/h5-10,12,17H,3-4,11H2,1-2H3/t17-/m1/s1. The van der Waals surface area contributed by atoms with Crippen LogP contribution < -0.4 is 9.47 Å². The topological polar surface area (TPSA) is 55.8 Å². The van der Waals surface area contributed by atoms with Gasteiger partial charge >= 0.3 is 0 Å². The molecular formula is C18H20FNO4S. The van der Waals surface area contributed by atoms with Crippen LogP contribution in [0.3, 0.4) is 0 Å². The summed E-state index contributed by atoms with van der Waals surface area (Å²) in [6, 6.07) is 9.91. The van der Waals surface area contributed by atoms with E-state index in [-0.39, 0.29) is 10.9 Å². The summed E-state index contributed by atoms with van der Waals surface area (Å²) in [5.41, 5.74) is 0.769. The van der Waals surface area contributed by atoms with Crippen LogP contribution in [0.1, 0.15) is 24.4 Å². The molecule has 0 N–H and O–H groups in total. The van der Waals surface area contributed by atoms with Crippen molar-refractivity contribution in [2.45, 2.75) is 23.8 Å². The van der Waals surface area contributed by atoms with Gasteiger partial charge in [0.25, 0.3) is 0 Å². The lowest BCUT2D eigenvalue weighted by Crippen LogP contribution is -2.31. The molecule has 0 spiro atoms. The van der Waals surface area contributed by atoms with Gasteiger partial charge in [-0.1, -0.05) is 0 Å². The quantitative estimate of drug-likeness (QED) is 0.815. The van der Waals surface area contributed by atoms with Crippen molar-refractivity contribution in [3.63, 3.8) is 0 Å². The Morgan fingerprint density at radius 3 is 2.44 bits per heavy atom. The van der Waals surface area contributed by atoms with Gasteiger partial charge in [-0.3, -0.25) is 0 Å². The summed E-state index contributed by atoms with van der Waals surface area (Å²) in [7, 11) is -0.610. The van der Waals surface area contributed by atoms with Gasteiger partial charge < -0.3 is 9.47 Å². The minimum absolute atomic E-state index is 0.0858. The molecule has 25 heavy (non-hydrogen) atoms. The maximum atomic E-state index is 13.1. The van der Waals surface area contributed by atoms with Gasteiger partial charge in [-0.15, -0.1) is 0 Å². The fraction of sp³-hybridized carbons (Fsp3) is 0.333. The van der Waals surface area contributed by atoms with Gasteiger partial charge in [0.15, 0.2) is 0 Å². The van der Waals surface area contributed by atoms with Crippen molar-refractivity contribution >= 4 is 10.0 Å². The van der Waals surface area contributed by atoms with Crippen molar-refractivity contribution in [1.29, 1.82) is 0 Å². The molecule has 0 aliphatic carbocycles. The highest BCUT2D eigenvalue weighted by molar-refractivity contribution is 7.89. The number of ether oxygens (including phenoxy) is 2. The van der Waals surface area contributed by atoms with E-state index in [1.807, 2.05) is 6.07 Å². The summed E-state index contributed by atoms with van der Waals surface area (Å²) in [6.45, 7) is 0.407. The van der Waals surface area contributed by atoms with E-state index in [0.717, 1.165) is 24.1 Å². The molecule has 5 nitrogen and oxygen atoms in total. The van der Waals surface area contributed by atoms with Crippen LogP contribution in [-0.4, -0.2) is 33.5 Å². The first-order valence-corrected chi connectivity index (χ1v) is 9.40. The van der Waals surface area contributed by atoms with Crippen LogP contribution in [0.15, 0.2) is 47.4 Å². The third-order valence-corrected chi connectivity index (χ3v) is 6.34. The highest BCUT2D eigenvalue weighted by atomic mass is 32.2. The number of nitrogens with zero attached hydrogens (tertiary/aromatic N) is 1. The van der Waals surface area contributed by atoms with Crippen LogP contribution in [0.4, 0.5) is 4.39 Å². The van der Waals surface area contributed by atoms with Gasteiger partial charge in [0.1, 0.15) is 17.3 Å². The first-order valence-electron chi connectivity index (χ1n) is 7.96. The van der Waals surface area contributed by atoms with Crippen LogP contribution >= 0.6 is 0 Å². The summed E-state index contributed by atoms with van der Waals surface area (Å²) >= 11 is 0. The number of sulfonamides is 1. The molecular weight excluding hydrogens is 345 g/mol.